The van der Waals surface area contributed by atoms with E-state index in [2.05, 4.69) is 10.1 Å². The number of ether oxygens (including phenoxy) is 2. The molecule has 0 saturated heterocycles. The molecule has 1 aliphatic carbocycles. The molecule has 1 saturated carbocycles. The lowest BCUT2D eigenvalue weighted by atomic mass is 9.81. The number of hydrogen-bond donors (Lipinski definition) is 1. The van der Waals surface area contributed by atoms with Crippen molar-refractivity contribution in [3.63, 3.8) is 0 Å². The van der Waals surface area contributed by atoms with Gasteiger partial charge in [-0.3, -0.25) is 9.53 Å². The molecular formula is C13H13F3INO3. The maximum Gasteiger partial charge on any atom is 0.522 e. The molecule has 0 aliphatic heterocycles. The molecule has 21 heavy (non-hydrogen) atoms. The van der Waals surface area contributed by atoms with Crippen LogP contribution < -0.4 is 10.1 Å². The van der Waals surface area contributed by atoms with Gasteiger partial charge in [-0.15, -0.1) is 13.2 Å². The van der Waals surface area contributed by atoms with Crippen molar-refractivity contribution in [3.8, 4) is 5.75 Å². The van der Waals surface area contributed by atoms with Gasteiger partial charge in [-0.2, -0.15) is 0 Å². The summed E-state index contributed by atoms with van der Waals surface area (Å²) in [5.74, 6) is -0.0740. The third kappa shape index (κ3) is 4.47. The summed E-state index contributed by atoms with van der Waals surface area (Å²) >= 11 is 2.05. The van der Waals surface area contributed by atoms with E-state index in [1.807, 2.05) is 22.6 Å². The number of carbonyl (C=O) groups is 1. The van der Waals surface area contributed by atoms with Crippen LogP contribution >= 0.6 is 22.6 Å². The van der Waals surface area contributed by atoms with Crippen LogP contribution in [0.5, 0.6) is 5.75 Å². The fourth-order valence-electron chi connectivity index (χ4n) is 2.02. The van der Waals surface area contributed by atoms with Crippen molar-refractivity contribution in [1.29, 1.82) is 0 Å². The van der Waals surface area contributed by atoms with E-state index in [1.54, 1.807) is 25.3 Å². The normalized spacial score (nSPS) is 21.6. The summed E-state index contributed by atoms with van der Waals surface area (Å²) in [5, 5.41) is 2.71. The molecule has 0 radical (unpaired) electrons. The number of alkyl halides is 3. The van der Waals surface area contributed by atoms with Crippen molar-refractivity contribution in [2.75, 3.05) is 12.4 Å². The number of nitrogens with one attached hydrogen (secondary N) is 1. The number of rotatable bonds is 4. The molecule has 0 aromatic heterocycles. The average Bonchev–Trinajstić information content (AvgIpc) is 2.34. The zero-order valence-corrected chi connectivity index (χ0v) is 13.2. The third-order valence-corrected chi connectivity index (χ3v) is 4.09. The van der Waals surface area contributed by atoms with Gasteiger partial charge in [-0.1, -0.05) is 0 Å². The molecule has 1 aliphatic rings. The first-order valence-corrected chi connectivity index (χ1v) is 7.25. The molecule has 8 heteroatoms. The van der Waals surface area contributed by atoms with E-state index in [4.69, 9.17) is 4.74 Å². The molecule has 0 heterocycles. The van der Waals surface area contributed by atoms with Gasteiger partial charge in [0, 0.05) is 9.49 Å². The quantitative estimate of drug-likeness (QED) is 0.766. The van der Waals surface area contributed by atoms with Crippen molar-refractivity contribution in [3.05, 3.63) is 21.8 Å². The molecule has 1 fully saturated rings. The lowest BCUT2D eigenvalue weighted by Gasteiger charge is -2.34. The highest BCUT2D eigenvalue weighted by molar-refractivity contribution is 14.1. The van der Waals surface area contributed by atoms with E-state index in [0.717, 1.165) is 3.57 Å². The second-order valence-electron chi connectivity index (χ2n) is 4.69. The minimum Gasteiger partial charge on any atom is -0.497 e. The second kappa shape index (κ2) is 6.39. The molecular weight excluding hydrogens is 402 g/mol. The van der Waals surface area contributed by atoms with Crippen molar-refractivity contribution < 1.29 is 27.4 Å². The predicted octanol–water partition coefficient (Wildman–Crippen LogP) is 3.55. The molecule has 4 nitrogen and oxygen atoms in total. The summed E-state index contributed by atoms with van der Waals surface area (Å²) in [4.78, 5) is 11.9. The summed E-state index contributed by atoms with van der Waals surface area (Å²) in [6, 6.07) is 5.15. The Morgan fingerprint density at radius 1 is 1.38 bits per heavy atom. The molecule has 0 spiro atoms. The average molecular weight is 415 g/mol. The minimum atomic E-state index is -4.64. The van der Waals surface area contributed by atoms with Crippen LogP contribution in [0, 0.1) is 9.49 Å². The summed E-state index contributed by atoms with van der Waals surface area (Å²) in [5.41, 5.74) is 0.613. The summed E-state index contributed by atoms with van der Waals surface area (Å²) in [7, 11) is 1.54. The first-order chi connectivity index (χ1) is 9.78. The number of hydrogen-bond acceptors (Lipinski definition) is 3. The Kier molecular flexibility index (Phi) is 4.97. The molecule has 1 aromatic rings. The van der Waals surface area contributed by atoms with Crippen LogP contribution in [0.1, 0.15) is 12.8 Å². The first-order valence-electron chi connectivity index (χ1n) is 6.17. The van der Waals surface area contributed by atoms with Gasteiger partial charge in [0.05, 0.1) is 18.9 Å². The predicted molar refractivity (Wildman–Crippen MR) is 78.0 cm³/mol. The highest BCUT2D eigenvalue weighted by Gasteiger charge is 2.42. The number of anilines is 1. The van der Waals surface area contributed by atoms with E-state index in [9.17, 15) is 18.0 Å². The Bertz CT molecular complexity index is 530. The Morgan fingerprint density at radius 2 is 2.05 bits per heavy atom. The van der Waals surface area contributed by atoms with Crippen LogP contribution in [0.2, 0.25) is 0 Å². The molecule has 1 aromatic carbocycles. The fraction of sp³-hybridized carbons (Fsp3) is 0.462. The molecule has 2 rings (SSSR count). The van der Waals surface area contributed by atoms with Crippen LogP contribution in [-0.4, -0.2) is 25.5 Å². The van der Waals surface area contributed by atoms with Crippen molar-refractivity contribution >= 4 is 34.2 Å². The molecule has 116 valence electrons. The van der Waals surface area contributed by atoms with Crippen LogP contribution in [0.3, 0.4) is 0 Å². The van der Waals surface area contributed by atoms with E-state index in [1.165, 1.54) is 0 Å². The Labute approximate surface area is 133 Å². The fourth-order valence-corrected chi connectivity index (χ4v) is 2.65. The lowest BCUT2D eigenvalue weighted by Crippen LogP contribution is -2.41. The van der Waals surface area contributed by atoms with E-state index >= 15 is 0 Å². The minimum absolute atomic E-state index is 0.0814. The Balaban J connectivity index is 1.86. The number of amides is 1. The monoisotopic (exact) mass is 415 g/mol. The van der Waals surface area contributed by atoms with E-state index in [-0.39, 0.29) is 18.7 Å². The summed E-state index contributed by atoms with van der Waals surface area (Å²) < 4.78 is 45.7. The van der Waals surface area contributed by atoms with Crippen LogP contribution in [0.15, 0.2) is 18.2 Å². The molecule has 0 bridgehead atoms. The van der Waals surface area contributed by atoms with Gasteiger partial charge in [0.2, 0.25) is 5.91 Å². The van der Waals surface area contributed by atoms with Crippen LogP contribution in [0.4, 0.5) is 18.9 Å². The number of halogens is 4. The highest BCUT2D eigenvalue weighted by atomic mass is 127. The van der Waals surface area contributed by atoms with Gasteiger partial charge in [0.15, 0.2) is 0 Å². The van der Waals surface area contributed by atoms with Crippen LogP contribution in [-0.2, 0) is 9.53 Å². The zero-order chi connectivity index (χ0) is 15.6. The molecule has 1 amide bonds. The Hall–Kier alpha value is -1.03. The summed E-state index contributed by atoms with van der Waals surface area (Å²) in [6.45, 7) is 0. The smallest absolute Gasteiger partial charge is 0.497 e. The topological polar surface area (TPSA) is 47.6 Å². The van der Waals surface area contributed by atoms with Gasteiger partial charge >= 0.3 is 6.36 Å². The number of carbonyl (C=O) groups excluding carboxylic acids is 1. The lowest BCUT2D eigenvalue weighted by molar-refractivity contribution is -0.353. The number of benzene rings is 1. The maximum absolute atomic E-state index is 12.0. The standard InChI is InChI=1S/C13H13F3INO3/c1-20-8-2-3-11(10(17)6-8)18-12(19)7-4-9(5-7)21-13(14,15)16/h2-3,6-7,9H,4-5H2,1H3,(H,18,19). The molecule has 0 atom stereocenters. The third-order valence-electron chi connectivity index (χ3n) is 3.20. The van der Waals surface area contributed by atoms with Gasteiger partial charge in [0.1, 0.15) is 5.75 Å². The first kappa shape index (κ1) is 16.3. The van der Waals surface area contributed by atoms with Crippen molar-refractivity contribution in [2.24, 2.45) is 5.92 Å². The van der Waals surface area contributed by atoms with Gasteiger partial charge in [0.25, 0.3) is 0 Å². The van der Waals surface area contributed by atoms with Crippen LogP contribution in [0.25, 0.3) is 0 Å². The van der Waals surface area contributed by atoms with Gasteiger partial charge in [-0.05, 0) is 53.6 Å². The maximum atomic E-state index is 12.0. The summed E-state index contributed by atoms with van der Waals surface area (Å²) in [6.07, 6.45) is -5.40. The van der Waals surface area contributed by atoms with Crippen molar-refractivity contribution in [2.45, 2.75) is 25.3 Å². The number of methoxy groups -OCH3 is 1. The largest absolute Gasteiger partial charge is 0.522 e. The SMILES string of the molecule is COc1ccc(NC(=O)C2CC(OC(F)(F)F)C2)c(I)c1. The molecule has 1 N–H and O–H groups in total. The highest BCUT2D eigenvalue weighted by Crippen LogP contribution is 2.35. The van der Waals surface area contributed by atoms with Crippen molar-refractivity contribution in [1.82, 2.24) is 0 Å². The van der Waals surface area contributed by atoms with E-state index < -0.39 is 18.4 Å². The molecule has 0 unspecified atom stereocenters. The second-order valence-corrected chi connectivity index (χ2v) is 5.85. The van der Waals surface area contributed by atoms with E-state index in [0.29, 0.717) is 11.4 Å². The van der Waals surface area contributed by atoms with Gasteiger partial charge < -0.3 is 10.1 Å². The zero-order valence-electron chi connectivity index (χ0n) is 11.0. The Morgan fingerprint density at radius 3 is 2.57 bits per heavy atom. The van der Waals surface area contributed by atoms with Gasteiger partial charge in [-0.25, -0.2) is 0 Å².